The highest BCUT2D eigenvalue weighted by Crippen LogP contribution is 2.31. The summed E-state index contributed by atoms with van der Waals surface area (Å²) in [4.78, 5) is 3.48. The summed E-state index contributed by atoms with van der Waals surface area (Å²) >= 11 is 12.9. The minimum Gasteiger partial charge on any atom is -0.358 e. The number of benzene rings is 3. The van der Waals surface area contributed by atoms with Gasteiger partial charge in [-0.3, -0.25) is 0 Å². The average molecular weight is 505 g/mol. The highest BCUT2D eigenvalue weighted by atomic mass is 35.5. The van der Waals surface area contributed by atoms with Gasteiger partial charge in [0.05, 0.1) is 11.7 Å². The topological polar surface area (TPSA) is 71.4 Å². The first-order valence-corrected chi connectivity index (χ1v) is 12.3. The van der Waals surface area contributed by atoms with Gasteiger partial charge in [-0.2, -0.15) is 4.68 Å². The Morgan fingerprint density at radius 3 is 2.51 bits per heavy atom. The summed E-state index contributed by atoms with van der Waals surface area (Å²) in [7, 11) is 0. The molecule has 5 aromatic rings. The fraction of sp³-hybridized carbons (Fsp3) is 0.222. The number of nitrogens with zero attached hydrogens (tertiary/aromatic N) is 4. The summed E-state index contributed by atoms with van der Waals surface area (Å²) in [6.07, 6.45) is 0.836. The lowest BCUT2D eigenvalue weighted by atomic mass is 10.0. The number of tetrazole rings is 1. The second-order valence-corrected chi connectivity index (χ2v) is 9.61. The summed E-state index contributed by atoms with van der Waals surface area (Å²) < 4.78 is 1.81. The van der Waals surface area contributed by atoms with Crippen LogP contribution in [0, 0.1) is 20.8 Å². The quantitative estimate of drug-likeness (QED) is 0.273. The molecule has 0 saturated heterocycles. The van der Waals surface area contributed by atoms with Gasteiger partial charge >= 0.3 is 0 Å². The largest absolute Gasteiger partial charge is 0.358 e. The molecule has 178 valence electrons. The smallest absolute Gasteiger partial charge is 0.178 e. The first-order chi connectivity index (χ1) is 16.9. The van der Waals surface area contributed by atoms with Crippen molar-refractivity contribution in [2.75, 3.05) is 6.54 Å². The number of hydrogen-bond acceptors (Lipinski definition) is 4. The molecule has 8 heteroatoms. The van der Waals surface area contributed by atoms with Crippen LogP contribution in [0.25, 0.3) is 16.6 Å². The molecule has 35 heavy (non-hydrogen) atoms. The lowest BCUT2D eigenvalue weighted by molar-refractivity contribution is 0.562. The molecule has 0 aliphatic rings. The van der Waals surface area contributed by atoms with Crippen molar-refractivity contribution < 1.29 is 0 Å². The minimum absolute atomic E-state index is 0.334. The SMILES string of the molecule is Cc1cccc(C)c1-n1nnnc1C(NCCc1c(C)[nH]c2ccccc12)c1ccc(Cl)cc1Cl. The molecule has 0 fully saturated rings. The Hall–Kier alpha value is -3.19. The molecule has 0 saturated carbocycles. The van der Waals surface area contributed by atoms with Gasteiger partial charge < -0.3 is 10.3 Å². The normalized spacial score (nSPS) is 12.4. The number of aromatic nitrogens is 5. The summed E-state index contributed by atoms with van der Waals surface area (Å²) in [5.74, 6) is 0.669. The average Bonchev–Trinajstić information content (AvgIpc) is 3.41. The number of H-pyrrole nitrogens is 1. The molecule has 3 aromatic carbocycles. The molecule has 2 N–H and O–H groups in total. The van der Waals surface area contributed by atoms with Crippen molar-refractivity contribution in [2.24, 2.45) is 0 Å². The van der Waals surface area contributed by atoms with Gasteiger partial charge in [-0.25, -0.2) is 0 Å². The second kappa shape index (κ2) is 9.82. The van der Waals surface area contributed by atoms with Gasteiger partial charge in [-0.1, -0.05) is 65.7 Å². The van der Waals surface area contributed by atoms with Crippen LogP contribution in [0.4, 0.5) is 0 Å². The molecule has 0 aliphatic heterocycles. The van der Waals surface area contributed by atoms with E-state index in [-0.39, 0.29) is 6.04 Å². The van der Waals surface area contributed by atoms with E-state index in [1.165, 1.54) is 16.6 Å². The number of aromatic amines is 1. The maximum absolute atomic E-state index is 6.68. The molecule has 2 heterocycles. The van der Waals surface area contributed by atoms with E-state index in [1.54, 1.807) is 6.07 Å². The Balaban J connectivity index is 1.52. The highest BCUT2D eigenvalue weighted by molar-refractivity contribution is 6.35. The molecule has 0 radical (unpaired) electrons. The van der Waals surface area contributed by atoms with Crippen molar-refractivity contribution in [3.8, 4) is 5.69 Å². The standard InChI is InChI=1S/C27H26Cl2N6/c1-16-7-6-8-17(2)26(16)35-27(32-33-34-35)25(22-12-11-19(28)15-23(22)29)30-14-13-20-18(3)31-24-10-5-4-9-21(20)24/h4-12,15,25,30-31H,13-14H2,1-3H3. The molecule has 5 rings (SSSR count). The molecule has 0 amide bonds. The van der Waals surface area contributed by atoms with Crippen LogP contribution in [0.2, 0.25) is 10.0 Å². The summed E-state index contributed by atoms with van der Waals surface area (Å²) in [6, 6.07) is 19.7. The monoisotopic (exact) mass is 504 g/mol. The van der Waals surface area contributed by atoms with Gasteiger partial charge in [0.2, 0.25) is 0 Å². The van der Waals surface area contributed by atoms with Crippen LogP contribution in [0.15, 0.2) is 60.7 Å². The zero-order valence-corrected chi connectivity index (χ0v) is 21.3. The van der Waals surface area contributed by atoms with Crippen molar-refractivity contribution in [2.45, 2.75) is 33.2 Å². The Bertz CT molecular complexity index is 1480. The van der Waals surface area contributed by atoms with E-state index >= 15 is 0 Å². The lowest BCUT2D eigenvalue weighted by Gasteiger charge is -2.21. The number of rotatable bonds is 7. The number of para-hydroxylation sites is 2. The van der Waals surface area contributed by atoms with Crippen LogP contribution >= 0.6 is 23.2 Å². The minimum atomic E-state index is -0.334. The van der Waals surface area contributed by atoms with Crippen LogP contribution in [0.1, 0.15) is 39.8 Å². The van der Waals surface area contributed by atoms with Gasteiger partial charge in [-0.15, -0.1) is 5.10 Å². The van der Waals surface area contributed by atoms with E-state index in [4.69, 9.17) is 23.2 Å². The molecule has 0 aliphatic carbocycles. The van der Waals surface area contributed by atoms with Crippen LogP contribution in [-0.4, -0.2) is 31.7 Å². The molecule has 1 atom stereocenters. The van der Waals surface area contributed by atoms with E-state index < -0.39 is 0 Å². The van der Waals surface area contributed by atoms with Crippen molar-refractivity contribution >= 4 is 34.1 Å². The fourth-order valence-corrected chi connectivity index (χ4v) is 5.26. The Kier molecular flexibility index (Phi) is 6.60. The van der Waals surface area contributed by atoms with Gasteiger partial charge in [-0.05, 0) is 78.1 Å². The lowest BCUT2D eigenvalue weighted by Crippen LogP contribution is -2.28. The van der Waals surface area contributed by atoms with Crippen molar-refractivity contribution in [3.05, 3.63) is 104 Å². The summed E-state index contributed by atoms with van der Waals surface area (Å²) in [5, 5.41) is 18.9. The second-order valence-electron chi connectivity index (χ2n) is 8.77. The highest BCUT2D eigenvalue weighted by Gasteiger charge is 2.25. The van der Waals surface area contributed by atoms with E-state index in [2.05, 4.69) is 76.9 Å². The van der Waals surface area contributed by atoms with E-state index in [0.29, 0.717) is 22.4 Å². The maximum atomic E-state index is 6.68. The fourth-order valence-electron chi connectivity index (χ4n) is 4.75. The van der Waals surface area contributed by atoms with Crippen LogP contribution < -0.4 is 5.32 Å². The molecule has 6 nitrogen and oxygen atoms in total. The van der Waals surface area contributed by atoms with Gasteiger partial charge in [0.15, 0.2) is 5.82 Å². The molecule has 0 bridgehead atoms. The van der Waals surface area contributed by atoms with E-state index in [0.717, 1.165) is 34.3 Å². The van der Waals surface area contributed by atoms with Gasteiger partial charge in [0, 0.05) is 33.2 Å². The summed E-state index contributed by atoms with van der Waals surface area (Å²) in [6.45, 7) is 6.94. The third-order valence-electron chi connectivity index (χ3n) is 6.43. The molecule has 1 unspecified atom stereocenters. The third-order valence-corrected chi connectivity index (χ3v) is 6.99. The number of fused-ring (bicyclic) bond motifs is 1. The van der Waals surface area contributed by atoms with E-state index in [9.17, 15) is 0 Å². The van der Waals surface area contributed by atoms with Crippen molar-refractivity contribution in [1.29, 1.82) is 0 Å². The van der Waals surface area contributed by atoms with Crippen LogP contribution in [0.3, 0.4) is 0 Å². The first kappa shape index (κ1) is 23.5. The Morgan fingerprint density at radius 2 is 1.74 bits per heavy atom. The predicted octanol–water partition coefficient (Wildman–Crippen LogP) is 6.30. The van der Waals surface area contributed by atoms with E-state index in [1.807, 2.05) is 28.9 Å². The predicted molar refractivity (Wildman–Crippen MR) is 142 cm³/mol. The Labute approximate surface area is 214 Å². The number of hydrogen-bond donors (Lipinski definition) is 2. The number of aryl methyl sites for hydroxylation is 3. The number of halogens is 2. The molecular formula is C27H26Cl2N6. The molecule has 2 aromatic heterocycles. The molecule has 0 spiro atoms. The maximum Gasteiger partial charge on any atom is 0.178 e. The van der Waals surface area contributed by atoms with Gasteiger partial charge in [0.25, 0.3) is 0 Å². The van der Waals surface area contributed by atoms with Crippen LogP contribution in [-0.2, 0) is 6.42 Å². The molecular weight excluding hydrogens is 479 g/mol. The van der Waals surface area contributed by atoms with Crippen molar-refractivity contribution in [3.63, 3.8) is 0 Å². The Morgan fingerprint density at radius 1 is 0.971 bits per heavy atom. The van der Waals surface area contributed by atoms with Crippen molar-refractivity contribution in [1.82, 2.24) is 30.5 Å². The zero-order valence-electron chi connectivity index (χ0n) is 19.8. The first-order valence-electron chi connectivity index (χ1n) is 11.5. The van der Waals surface area contributed by atoms with Gasteiger partial charge in [0.1, 0.15) is 0 Å². The van der Waals surface area contributed by atoms with Crippen LogP contribution in [0.5, 0.6) is 0 Å². The summed E-state index contributed by atoms with van der Waals surface area (Å²) in [5.41, 5.74) is 7.64. The third kappa shape index (κ3) is 4.57. The number of nitrogens with one attached hydrogen (secondary N) is 2. The zero-order chi connectivity index (χ0) is 24.5.